The van der Waals surface area contributed by atoms with Crippen molar-refractivity contribution in [1.82, 2.24) is 9.55 Å². The number of benzene rings is 1. The summed E-state index contributed by atoms with van der Waals surface area (Å²) in [6.45, 7) is 2.26. The van der Waals surface area contributed by atoms with E-state index in [4.69, 9.17) is 0 Å². The van der Waals surface area contributed by atoms with Crippen molar-refractivity contribution in [2.75, 3.05) is 0 Å². The molecule has 2 aromatic rings. The first-order chi connectivity index (χ1) is 6.72. The van der Waals surface area contributed by atoms with Crippen LogP contribution in [0.25, 0.3) is 11.0 Å². The summed E-state index contributed by atoms with van der Waals surface area (Å²) in [6, 6.07) is 5.85. The Labute approximate surface area is 89.9 Å². The maximum Gasteiger partial charge on any atom is 0.139 e. The van der Waals surface area contributed by atoms with E-state index in [1.165, 1.54) is 0 Å². The normalized spacial score (nSPS) is 10.7. The lowest BCUT2D eigenvalue weighted by atomic mass is 10.3. The molecule has 3 nitrogen and oxygen atoms in total. The first-order valence-corrected chi connectivity index (χ1v) is 5.07. The van der Waals surface area contributed by atoms with Crippen LogP contribution in [0, 0.1) is 6.92 Å². The van der Waals surface area contributed by atoms with Crippen LogP contribution in [0.5, 0.6) is 0 Å². The summed E-state index contributed by atoms with van der Waals surface area (Å²) >= 11 is 3.40. The van der Waals surface area contributed by atoms with Gasteiger partial charge < -0.3 is 9.36 Å². The van der Waals surface area contributed by atoms with E-state index < -0.39 is 0 Å². The lowest BCUT2D eigenvalue weighted by Gasteiger charge is -2.00. The van der Waals surface area contributed by atoms with E-state index in [-0.39, 0.29) is 0 Å². The predicted octanol–water partition coefficient (Wildman–Crippen LogP) is 2.31. The van der Waals surface area contributed by atoms with Gasteiger partial charge in [0.15, 0.2) is 0 Å². The van der Waals surface area contributed by atoms with E-state index in [0.717, 1.165) is 27.6 Å². The number of hydrogen-bond donors (Lipinski definition) is 0. The van der Waals surface area contributed by atoms with Gasteiger partial charge in [0.2, 0.25) is 0 Å². The summed E-state index contributed by atoms with van der Waals surface area (Å²) in [7, 11) is 0. The van der Waals surface area contributed by atoms with Crippen LogP contribution in [0.1, 0.15) is 5.82 Å². The fraction of sp³-hybridized carbons (Fsp3) is 0.200. The third-order valence-electron chi connectivity index (χ3n) is 2.16. The van der Waals surface area contributed by atoms with Crippen LogP contribution in [-0.4, -0.2) is 15.8 Å². The number of carbonyl (C=O) groups is 1. The highest BCUT2D eigenvalue weighted by Crippen LogP contribution is 2.20. The molecule has 0 aliphatic heterocycles. The van der Waals surface area contributed by atoms with Crippen molar-refractivity contribution in [2.24, 2.45) is 0 Å². The molecule has 0 amide bonds. The van der Waals surface area contributed by atoms with E-state index in [1.807, 2.05) is 29.7 Å². The Hall–Kier alpha value is -1.16. The predicted molar refractivity (Wildman–Crippen MR) is 58.2 cm³/mol. The van der Waals surface area contributed by atoms with Gasteiger partial charge in [-0.15, -0.1) is 0 Å². The number of aromatic nitrogens is 2. The van der Waals surface area contributed by atoms with Crippen molar-refractivity contribution in [3.05, 3.63) is 28.5 Å². The van der Waals surface area contributed by atoms with Crippen LogP contribution in [-0.2, 0) is 11.3 Å². The monoisotopic (exact) mass is 252 g/mol. The first kappa shape index (κ1) is 9.40. The van der Waals surface area contributed by atoms with Gasteiger partial charge in [0, 0.05) is 4.47 Å². The summed E-state index contributed by atoms with van der Waals surface area (Å²) in [5, 5.41) is 0. The zero-order valence-electron chi connectivity index (χ0n) is 7.70. The molecule has 0 radical (unpaired) electrons. The lowest BCUT2D eigenvalue weighted by molar-refractivity contribution is -0.108. The van der Waals surface area contributed by atoms with Crippen molar-refractivity contribution in [3.8, 4) is 0 Å². The Bertz CT molecular complexity index is 490. The molecule has 0 spiro atoms. The van der Waals surface area contributed by atoms with E-state index in [1.54, 1.807) is 0 Å². The first-order valence-electron chi connectivity index (χ1n) is 4.28. The SMILES string of the molecule is Cc1nc2ccc(Br)cc2n1CC=O. The topological polar surface area (TPSA) is 34.9 Å². The maximum absolute atomic E-state index is 10.5. The molecule has 2 rings (SSSR count). The second-order valence-corrected chi connectivity index (χ2v) is 3.99. The minimum atomic E-state index is 0.360. The van der Waals surface area contributed by atoms with Crippen LogP contribution in [0.2, 0.25) is 0 Å². The minimum absolute atomic E-state index is 0.360. The molecule has 0 saturated heterocycles. The van der Waals surface area contributed by atoms with Crippen molar-refractivity contribution in [2.45, 2.75) is 13.5 Å². The molecule has 1 aromatic heterocycles. The molecule has 0 N–H and O–H groups in total. The van der Waals surface area contributed by atoms with Crippen LogP contribution < -0.4 is 0 Å². The smallest absolute Gasteiger partial charge is 0.139 e. The van der Waals surface area contributed by atoms with Crippen molar-refractivity contribution < 1.29 is 4.79 Å². The van der Waals surface area contributed by atoms with Crippen molar-refractivity contribution >= 4 is 33.2 Å². The number of carbonyl (C=O) groups excluding carboxylic acids is 1. The summed E-state index contributed by atoms with van der Waals surface area (Å²) in [5.74, 6) is 0.866. The largest absolute Gasteiger partial charge is 0.321 e. The number of hydrogen-bond acceptors (Lipinski definition) is 2. The Morgan fingerprint density at radius 1 is 1.57 bits per heavy atom. The van der Waals surface area contributed by atoms with Crippen LogP contribution >= 0.6 is 15.9 Å². The number of aryl methyl sites for hydroxylation is 1. The molecular weight excluding hydrogens is 244 g/mol. The molecule has 0 aliphatic carbocycles. The van der Waals surface area contributed by atoms with Crippen molar-refractivity contribution in [3.63, 3.8) is 0 Å². The van der Waals surface area contributed by atoms with Gasteiger partial charge in [-0.05, 0) is 25.1 Å². The Balaban J connectivity index is 2.72. The highest BCUT2D eigenvalue weighted by molar-refractivity contribution is 9.10. The molecule has 0 unspecified atom stereocenters. The number of imidazole rings is 1. The number of nitrogens with zero attached hydrogens (tertiary/aromatic N) is 2. The molecule has 0 saturated carbocycles. The van der Waals surface area contributed by atoms with Crippen LogP contribution in [0.3, 0.4) is 0 Å². The van der Waals surface area contributed by atoms with Gasteiger partial charge >= 0.3 is 0 Å². The zero-order valence-corrected chi connectivity index (χ0v) is 9.28. The number of fused-ring (bicyclic) bond motifs is 1. The Morgan fingerprint density at radius 2 is 2.36 bits per heavy atom. The zero-order chi connectivity index (χ0) is 10.1. The van der Waals surface area contributed by atoms with E-state index in [0.29, 0.717) is 6.54 Å². The third-order valence-corrected chi connectivity index (χ3v) is 2.65. The summed E-state index contributed by atoms with van der Waals surface area (Å²) < 4.78 is 2.89. The second kappa shape index (κ2) is 3.53. The van der Waals surface area contributed by atoms with Gasteiger partial charge in [0.25, 0.3) is 0 Å². The fourth-order valence-corrected chi connectivity index (χ4v) is 1.87. The standard InChI is InChI=1S/C10H9BrN2O/c1-7-12-9-3-2-8(11)6-10(9)13(7)4-5-14/h2-3,5-6H,4H2,1H3. The average Bonchev–Trinajstić information content (AvgIpc) is 2.45. The molecular formula is C10H9BrN2O. The second-order valence-electron chi connectivity index (χ2n) is 3.07. The Morgan fingerprint density at radius 3 is 3.07 bits per heavy atom. The molecule has 0 aliphatic rings. The van der Waals surface area contributed by atoms with Crippen LogP contribution in [0.15, 0.2) is 22.7 Å². The van der Waals surface area contributed by atoms with E-state index in [2.05, 4.69) is 20.9 Å². The van der Waals surface area contributed by atoms with Gasteiger partial charge in [-0.3, -0.25) is 0 Å². The summed E-state index contributed by atoms with van der Waals surface area (Å²) in [5.41, 5.74) is 1.91. The molecule has 0 bridgehead atoms. The molecule has 1 aromatic carbocycles. The third kappa shape index (κ3) is 1.46. The number of halogens is 1. The number of rotatable bonds is 2. The minimum Gasteiger partial charge on any atom is -0.321 e. The van der Waals surface area contributed by atoms with Gasteiger partial charge in [0.1, 0.15) is 12.1 Å². The van der Waals surface area contributed by atoms with Gasteiger partial charge in [-0.1, -0.05) is 15.9 Å². The molecule has 4 heteroatoms. The van der Waals surface area contributed by atoms with E-state index >= 15 is 0 Å². The molecule has 1 heterocycles. The lowest BCUT2D eigenvalue weighted by Crippen LogP contribution is -2.00. The summed E-state index contributed by atoms with van der Waals surface area (Å²) in [6.07, 6.45) is 0.884. The van der Waals surface area contributed by atoms with E-state index in [9.17, 15) is 4.79 Å². The van der Waals surface area contributed by atoms with Gasteiger partial charge in [0.05, 0.1) is 17.6 Å². The van der Waals surface area contributed by atoms with Gasteiger partial charge in [-0.2, -0.15) is 0 Å². The molecule has 14 heavy (non-hydrogen) atoms. The molecule has 72 valence electrons. The average molecular weight is 253 g/mol. The quantitative estimate of drug-likeness (QED) is 0.770. The molecule has 0 atom stereocenters. The highest BCUT2D eigenvalue weighted by Gasteiger charge is 2.06. The van der Waals surface area contributed by atoms with Crippen molar-refractivity contribution in [1.29, 1.82) is 0 Å². The maximum atomic E-state index is 10.5. The number of aldehydes is 1. The highest BCUT2D eigenvalue weighted by atomic mass is 79.9. The fourth-order valence-electron chi connectivity index (χ4n) is 1.52. The van der Waals surface area contributed by atoms with Crippen LogP contribution in [0.4, 0.5) is 0 Å². The Kier molecular flexibility index (Phi) is 2.37. The van der Waals surface area contributed by atoms with Gasteiger partial charge in [-0.25, -0.2) is 4.98 Å². The molecule has 0 fully saturated rings. The summed E-state index contributed by atoms with van der Waals surface area (Å²) in [4.78, 5) is 14.8.